The van der Waals surface area contributed by atoms with Crippen LogP contribution in [0.3, 0.4) is 0 Å². The summed E-state index contributed by atoms with van der Waals surface area (Å²) in [6.45, 7) is 11.1. The zero-order valence-corrected chi connectivity index (χ0v) is 17.0. The number of carbonyl (C=O) groups is 1. The maximum Gasteiger partial charge on any atom is 0.223 e. The van der Waals surface area contributed by atoms with Crippen LogP contribution in [0, 0.1) is 5.92 Å². The summed E-state index contributed by atoms with van der Waals surface area (Å²) in [7, 11) is 0. The third kappa shape index (κ3) is 6.68. The standard InChI is InChI=1S/C17H33N3O2.2ClH/c1-12-9-20(10-13(2)22-12)17(3,4)11-19-16(21)14-6-5-7-15(18)8-14;;/h12-15H,5-11,18H2,1-4H3,(H,19,21);2*1H. The summed E-state index contributed by atoms with van der Waals surface area (Å²) in [5.41, 5.74) is 5.93. The predicted octanol–water partition coefficient (Wildman–Crippen LogP) is 2.35. The molecular formula is C17H35Cl2N3O2. The maximum absolute atomic E-state index is 12.4. The third-order valence-corrected chi connectivity index (χ3v) is 5.06. The molecule has 5 nitrogen and oxygen atoms in total. The van der Waals surface area contributed by atoms with Crippen LogP contribution in [0.2, 0.25) is 0 Å². The van der Waals surface area contributed by atoms with E-state index in [2.05, 4.69) is 37.9 Å². The fraction of sp³-hybridized carbons (Fsp3) is 0.941. The summed E-state index contributed by atoms with van der Waals surface area (Å²) >= 11 is 0. The van der Waals surface area contributed by atoms with E-state index in [1.54, 1.807) is 0 Å². The van der Waals surface area contributed by atoms with Crippen LogP contribution in [0.5, 0.6) is 0 Å². The monoisotopic (exact) mass is 383 g/mol. The number of nitrogens with two attached hydrogens (primary N) is 1. The minimum atomic E-state index is -0.0568. The van der Waals surface area contributed by atoms with E-state index in [1.807, 2.05) is 0 Å². The number of morpholine rings is 1. The molecule has 0 radical (unpaired) electrons. The topological polar surface area (TPSA) is 67.6 Å². The van der Waals surface area contributed by atoms with E-state index >= 15 is 0 Å². The van der Waals surface area contributed by atoms with Gasteiger partial charge in [-0.05, 0) is 47.0 Å². The number of rotatable bonds is 4. The largest absolute Gasteiger partial charge is 0.373 e. The number of hydrogen-bond acceptors (Lipinski definition) is 4. The van der Waals surface area contributed by atoms with Gasteiger partial charge in [0.2, 0.25) is 5.91 Å². The highest BCUT2D eigenvalue weighted by Crippen LogP contribution is 2.24. The molecule has 144 valence electrons. The number of ether oxygens (including phenoxy) is 1. The molecular weight excluding hydrogens is 349 g/mol. The minimum Gasteiger partial charge on any atom is -0.373 e. The van der Waals surface area contributed by atoms with Crippen LogP contribution in [0.25, 0.3) is 0 Å². The van der Waals surface area contributed by atoms with E-state index < -0.39 is 0 Å². The van der Waals surface area contributed by atoms with Crippen LogP contribution < -0.4 is 11.1 Å². The summed E-state index contributed by atoms with van der Waals surface area (Å²) in [5, 5.41) is 3.16. The van der Waals surface area contributed by atoms with Gasteiger partial charge in [-0.3, -0.25) is 9.69 Å². The van der Waals surface area contributed by atoms with Gasteiger partial charge in [0.05, 0.1) is 12.2 Å². The average Bonchev–Trinajstić information content (AvgIpc) is 2.44. The number of halogens is 2. The highest BCUT2D eigenvalue weighted by molar-refractivity contribution is 5.85. The molecule has 4 atom stereocenters. The fourth-order valence-electron chi connectivity index (χ4n) is 3.70. The summed E-state index contributed by atoms with van der Waals surface area (Å²) in [6.07, 6.45) is 4.42. The third-order valence-electron chi connectivity index (χ3n) is 5.06. The van der Waals surface area contributed by atoms with Crippen molar-refractivity contribution in [3.63, 3.8) is 0 Å². The molecule has 2 fully saturated rings. The number of hydrogen-bond donors (Lipinski definition) is 2. The number of nitrogens with zero attached hydrogens (tertiary/aromatic N) is 1. The minimum absolute atomic E-state index is 0. The van der Waals surface area contributed by atoms with E-state index in [0.717, 1.165) is 38.8 Å². The Bertz CT molecular complexity index is 386. The molecule has 1 aliphatic heterocycles. The zero-order chi connectivity index (χ0) is 16.3. The quantitative estimate of drug-likeness (QED) is 0.781. The van der Waals surface area contributed by atoms with Gasteiger partial charge >= 0.3 is 0 Å². The Labute approximate surface area is 159 Å². The molecule has 3 N–H and O–H groups in total. The SMILES string of the molecule is CC1CN(C(C)(C)CNC(=O)C2CCCC(N)C2)CC(C)O1.Cl.Cl. The number of carbonyl (C=O) groups excluding carboxylic acids is 1. The van der Waals surface area contributed by atoms with Crippen molar-refractivity contribution in [3.8, 4) is 0 Å². The van der Waals surface area contributed by atoms with Crippen molar-refractivity contribution < 1.29 is 9.53 Å². The van der Waals surface area contributed by atoms with E-state index in [9.17, 15) is 4.79 Å². The Morgan fingerprint density at radius 2 is 1.79 bits per heavy atom. The zero-order valence-electron chi connectivity index (χ0n) is 15.4. The van der Waals surface area contributed by atoms with E-state index in [1.165, 1.54) is 0 Å². The first-order chi connectivity index (χ1) is 10.3. The number of nitrogens with one attached hydrogen (secondary N) is 1. The smallest absolute Gasteiger partial charge is 0.223 e. The molecule has 0 aromatic heterocycles. The average molecular weight is 384 g/mol. The molecule has 24 heavy (non-hydrogen) atoms. The van der Waals surface area contributed by atoms with Gasteiger partial charge in [-0.15, -0.1) is 24.8 Å². The van der Waals surface area contributed by atoms with Crippen LogP contribution in [-0.4, -0.2) is 54.2 Å². The van der Waals surface area contributed by atoms with Gasteiger partial charge in [0.15, 0.2) is 0 Å². The first kappa shape index (κ1) is 23.9. The lowest BCUT2D eigenvalue weighted by Gasteiger charge is -2.45. The van der Waals surface area contributed by atoms with Crippen LogP contribution >= 0.6 is 24.8 Å². The second-order valence-corrected chi connectivity index (χ2v) is 7.82. The molecule has 1 saturated heterocycles. The lowest BCUT2D eigenvalue weighted by atomic mass is 9.85. The van der Waals surface area contributed by atoms with Crippen LogP contribution in [0.15, 0.2) is 0 Å². The highest BCUT2D eigenvalue weighted by atomic mass is 35.5. The van der Waals surface area contributed by atoms with Gasteiger partial charge in [0.1, 0.15) is 0 Å². The maximum atomic E-state index is 12.4. The molecule has 1 saturated carbocycles. The summed E-state index contributed by atoms with van der Waals surface area (Å²) in [4.78, 5) is 14.8. The molecule has 7 heteroatoms. The van der Waals surface area contributed by atoms with Crippen LogP contribution in [0.4, 0.5) is 0 Å². The van der Waals surface area contributed by atoms with E-state index in [-0.39, 0.29) is 60.4 Å². The number of amides is 1. The van der Waals surface area contributed by atoms with Crippen molar-refractivity contribution in [2.45, 2.75) is 77.2 Å². The molecule has 4 unspecified atom stereocenters. The normalized spacial score (nSPS) is 31.5. The Morgan fingerprint density at radius 1 is 1.21 bits per heavy atom. The van der Waals surface area contributed by atoms with Crippen molar-refractivity contribution in [2.24, 2.45) is 11.7 Å². The van der Waals surface area contributed by atoms with Gasteiger partial charge < -0.3 is 15.8 Å². The molecule has 1 amide bonds. The Balaban J connectivity index is 0.00000264. The van der Waals surface area contributed by atoms with Gasteiger partial charge in [0.25, 0.3) is 0 Å². The van der Waals surface area contributed by atoms with Crippen molar-refractivity contribution in [1.29, 1.82) is 0 Å². The van der Waals surface area contributed by atoms with Crippen molar-refractivity contribution in [2.75, 3.05) is 19.6 Å². The van der Waals surface area contributed by atoms with Gasteiger partial charge in [0, 0.05) is 37.1 Å². The van der Waals surface area contributed by atoms with Gasteiger partial charge in [-0.25, -0.2) is 0 Å². The second-order valence-electron chi connectivity index (χ2n) is 7.82. The predicted molar refractivity (Wildman–Crippen MR) is 103 cm³/mol. The lowest BCUT2D eigenvalue weighted by Crippen LogP contribution is -2.59. The molecule has 2 rings (SSSR count). The summed E-state index contributed by atoms with van der Waals surface area (Å²) in [6, 6.07) is 0.193. The molecule has 0 bridgehead atoms. The Kier molecular flexibility index (Phi) is 10.1. The van der Waals surface area contributed by atoms with Crippen molar-refractivity contribution >= 4 is 30.7 Å². The van der Waals surface area contributed by atoms with Gasteiger partial charge in [-0.1, -0.05) is 6.42 Å². The van der Waals surface area contributed by atoms with Crippen molar-refractivity contribution in [3.05, 3.63) is 0 Å². The highest BCUT2D eigenvalue weighted by Gasteiger charge is 2.34. The fourth-order valence-corrected chi connectivity index (χ4v) is 3.70. The molecule has 1 aliphatic carbocycles. The Morgan fingerprint density at radius 3 is 2.33 bits per heavy atom. The summed E-state index contributed by atoms with van der Waals surface area (Å²) in [5.74, 6) is 0.277. The molecule has 2 aliphatic rings. The second kappa shape index (κ2) is 10.2. The Hall–Kier alpha value is -0.0700. The molecule has 0 aromatic rings. The summed E-state index contributed by atoms with van der Waals surface area (Å²) < 4.78 is 5.80. The lowest BCUT2D eigenvalue weighted by molar-refractivity contribution is -0.127. The van der Waals surface area contributed by atoms with Crippen LogP contribution in [-0.2, 0) is 9.53 Å². The first-order valence-corrected chi connectivity index (χ1v) is 8.71. The van der Waals surface area contributed by atoms with Crippen molar-refractivity contribution in [1.82, 2.24) is 10.2 Å². The molecule has 0 aromatic carbocycles. The van der Waals surface area contributed by atoms with Crippen LogP contribution in [0.1, 0.15) is 53.4 Å². The van der Waals surface area contributed by atoms with E-state index in [0.29, 0.717) is 6.54 Å². The van der Waals surface area contributed by atoms with Gasteiger partial charge in [-0.2, -0.15) is 0 Å². The first-order valence-electron chi connectivity index (χ1n) is 8.71. The molecule has 1 heterocycles. The molecule has 0 spiro atoms. The van der Waals surface area contributed by atoms with E-state index in [4.69, 9.17) is 10.5 Å².